The summed E-state index contributed by atoms with van der Waals surface area (Å²) in [4.78, 5) is 23.0. The molecule has 24 heavy (non-hydrogen) atoms. The molecule has 3 N–H and O–H groups in total. The lowest BCUT2D eigenvalue weighted by Gasteiger charge is -2.23. The van der Waals surface area contributed by atoms with Crippen molar-refractivity contribution in [2.75, 3.05) is 20.1 Å². The molecule has 0 aliphatic carbocycles. The molecule has 0 aliphatic heterocycles. The summed E-state index contributed by atoms with van der Waals surface area (Å²) in [5, 5.41) is 8.37. The number of nitrogens with one attached hydrogen (secondary N) is 3. The summed E-state index contributed by atoms with van der Waals surface area (Å²) in [6.45, 7) is 6.66. The Hall–Kier alpha value is -1.88. The maximum absolute atomic E-state index is 11.8. The molecule has 1 aromatic carbocycles. The Morgan fingerprint density at radius 2 is 1.71 bits per heavy atom. The van der Waals surface area contributed by atoms with Gasteiger partial charge in [0.05, 0.1) is 13.1 Å². The van der Waals surface area contributed by atoms with Crippen LogP contribution in [0, 0.1) is 5.92 Å². The largest absolute Gasteiger partial charge is 0.358 e. The maximum Gasteiger partial charge on any atom is 0.239 e. The molecule has 0 radical (unpaired) electrons. The molecule has 5 heteroatoms. The molecule has 5 nitrogen and oxygen atoms in total. The van der Waals surface area contributed by atoms with Gasteiger partial charge in [-0.05, 0) is 29.9 Å². The number of likely N-dealkylation sites (N-methyl/N-ethyl adjacent to an activating group) is 1. The van der Waals surface area contributed by atoms with Crippen molar-refractivity contribution in [3.8, 4) is 0 Å². The fourth-order valence-corrected chi connectivity index (χ4v) is 2.54. The molecule has 1 atom stereocenters. The van der Waals surface area contributed by atoms with E-state index in [9.17, 15) is 9.59 Å². The molecule has 0 heterocycles. The zero-order valence-corrected chi connectivity index (χ0v) is 15.3. The van der Waals surface area contributed by atoms with Gasteiger partial charge in [0.25, 0.3) is 0 Å². The van der Waals surface area contributed by atoms with Crippen LogP contribution in [0.4, 0.5) is 0 Å². The number of benzene rings is 1. The summed E-state index contributed by atoms with van der Waals surface area (Å²) in [6.07, 6.45) is 3.51. The Morgan fingerprint density at radius 3 is 2.25 bits per heavy atom. The van der Waals surface area contributed by atoms with Gasteiger partial charge >= 0.3 is 0 Å². The van der Waals surface area contributed by atoms with E-state index < -0.39 is 0 Å². The number of carbonyl (C=O) groups is 2. The van der Waals surface area contributed by atoms with E-state index >= 15 is 0 Å². The van der Waals surface area contributed by atoms with Crippen LogP contribution in [0.2, 0.25) is 0 Å². The maximum atomic E-state index is 11.8. The molecule has 0 aliphatic rings. The number of rotatable bonds is 10. The minimum absolute atomic E-state index is 0.00941. The van der Waals surface area contributed by atoms with E-state index in [1.165, 1.54) is 24.0 Å². The third-order valence-electron chi connectivity index (χ3n) is 4.03. The van der Waals surface area contributed by atoms with Crippen molar-refractivity contribution in [3.05, 3.63) is 35.4 Å². The van der Waals surface area contributed by atoms with Crippen LogP contribution in [0.1, 0.15) is 50.8 Å². The normalized spacial score (nSPS) is 12.0. The molecule has 0 saturated heterocycles. The van der Waals surface area contributed by atoms with Crippen molar-refractivity contribution in [2.24, 2.45) is 5.92 Å². The van der Waals surface area contributed by atoms with Gasteiger partial charge in [0.15, 0.2) is 0 Å². The SMILES string of the molecule is CCCCc1ccc([C@@H](NCC(=O)NCC(=O)NC)C(C)C)cc1. The molecule has 2 amide bonds. The van der Waals surface area contributed by atoms with Crippen LogP contribution in [-0.2, 0) is 16.0 Å². The lowest BCUT2D eigenvalue weighted by molar-refractivity contribution is -0.125. The predicted octanol–water partition coefficient (Wildman–Crippen LogP) is 2.18. The molecule has 1 aromatic rings. The van der Waals surface area contributed by atoms with Crippen molar-refractivity contribution >= 4 is 11.8 Å². The number of hydrogen-bond acceptors (Lipinski definition) is 3. The number of hydrogen-bond donors (Lipinski definition) is 3. The fraction of sp³-hybridized carbons (Fsp3) is 0.579. The van der Waals surface area contributed by atoms with Crippen LogP contribution in [-0.4, -0.2) is 32.0 Å². The minimum Gasteiger partial charge on any atom is -0.358 e. The summed E-state index contributed by atoms with van der Waals surface area (Å²) in [5.41, 5.74) is 2.54. The molecule has 0 spiro atoms. The Morgan fingerprint density at radius 1 is 1.04 bits per heavy atom. The van der Waals surface area contributed by atoms with Crippen molar-refractivity contribution in [2.45, 2.75) is 46.1 Å². The van der Waals surface area contributed by atoms with Crippen LogP contribution in [0.25, 0.3) is 0 Å². The summed E-state index contributed by atoms with van der Waals surface area (Å²) in [6, 6.07) is 8.74. The van der Waals surface area contributed by atoms with Crippen LogP contribution >= 0.6 is 0 Å². The highest BCUT2D eigenvalue weighted by atomic mass is 16.2. The van der Waals surface area contributed by atoms with Crippen molar-refractivity contribution in [1.82, 2.24) is 16.0 Å². The first-order valence-corrected chi connectivity index (χ1v) is 8.77. The molecular formula is C19H31N3O2. The monoisotopic (exact) mass is 333 g/mol. The molecule has 0 bridgehead atoms. The molecule has 0 fully saturated rings. The number of carbonyl (C=O) groups excluding carboxylic acids is 2. The highest BCUT2D eigenvalue weighted by molar-refractivity contribution is 5.85. The third-order valence-corrected chi connectivity index (χ3v) is 4.03. The zero-order valence-electron chi connectivity index (χ0n) is 15.3. The minimum atomic E-state index is -0.202. The first kappa shape index (κ1) is 20.2. The molecule has 0 unspecified atom stereocenters. The molecule has 1 rings (SSSR count). The highest BCUT2D eigenvalue weighted by Gasteiger charge is 2.16. The van der Waals surface area contributed by atoms with Crippen LogP contribution in [0.15, 0.2) is 24.3 Å². The molecule has 0 aromatic heterocycles. The Bertz CT molecular complexity index is 512. The first-order chi connectivity index (χ1) is 11.5. The zero-order chi connectivity index (χ0) is 17.9. The van der Waals surface area contributed by atoms with Crippen molar-refractivity contribution in [3.63, 3.8) is 0 Å². The number of aryl methyl sites for hydroxylation is 1. The van der Waals surface area contributed by atoms with E-state index in [1.807, 2.05) is 0 Å². The van der Waals surface area contributed by atoms with Crippen molar-refractivity contribution < 1.29 is 9.59 Å². The smallest absolute Gasteiger partial charge is 0.239 e. The average molecular weight is 333 g/mol. The highest BCUT2D eigenvalue weighted by Crippen LogP contribution is 2.22. The predicted molar refractivity (Wildman–Crippen MR) is 97.7 cm³/mol. The first-order valence-electron chi connectivity index (χ1n) is 8.77. The second-order valence-corrected chi connectivity index (χ2v) is 6.40. The Kier molecular flexibility index (Phi) is 9.08. The van der Waals surface area contributed by atoms with Crippen LogP contribution < -0.4 is 16.0 Å². The number of unbranched alkanes of at least 4 members (excludes halogenated alkanes) is 1. The van der Waals surface area contributed by atoms with E-state index in [0.29, 0.717) is 5.92 Å². The van der Waals surface area contributed by atoms with Gasteiger partial charge in [0.1, 0.15) is 0 Å². The lowest BCUT2D eigenvalue weighted by Crippen LogP contribution is -2.41. The van der Waals surface area contributed by atoms with Gasteiger partial charge in [-0.2, -0.15) is 0 Å². The quantitative estimate of drug-likeness (QED) is 0.615. The third kappa shape index (κ3) is 7.13. The summed E-state index contributed by atoms with van der Waals surface area (Å²) in [7, 11) is 1.55. The fourth-order valence-electron chi connectivity index (χ4n) is 2.54. The summed E-state index contributed by atoms with van der Waals surface area (Å²) >= 11 is 0. The Labute approximate surface area is 145 Å². The van der Waals surface area contributed by atoms with Gasteiger partial charge in [0, 0.05) is 13.1 Å². The average Bonchev–Trinajstić information content (AvgIpc) is 2.58. The van der Waals surface area contributed by atoms with E-state index in [0.717, 1.165) is 6.42 Å². The van der Waals surface area contributed by atoms with E-state index in [1.54, 1.807) is 7.05 Å². The Balaban J connectivity index is 2.57. The van der Waals surface area contributed by atoms with Gasteiger partial charge in [0.2, 0.25) is 11.8 Å². The summed E-state index contributed by atoms with van der Waals surface area (Å²) in [5.74, 6) is -0.0199. The van der Waals surface area contributed by atoms with Crippen LogP contribution in [0.3, 0.4) is 0 Å². The van der Waals surface area contributed by atoms with Gasteiger partial charge in [-0.25, -0.2) is 0 Å². The molecule has 0 saturated carbocycles. The van der Waals surface area contributed by atoms with Gasteiger partial charge < -0.3 is 16.0 Å². The second kappa shape index (κ2) is 10.8. The molecular weight excluding hydrogens is 302 g/mol. The standard InChI is InChI=1S/C19H31N3O2/c1-5-6-7-15-8-10-16(11-9-15)19(14(2)3)22-13-18(24)21-12-17(23)20-4/h8-11,14,19,22H,5-7,12-13H2,1-4H3,(H,20,23)(H,21,24)/t19-/m0/s1. The topological polar surface area (TPSA) is 70.2 Å². The number of amides is 2. The van der Waals surface area contributed by atoms with Gasteiger partial charge in [-0.3, -0.25) is 9.59 Å². The molecule has 134 valence electrons. The summed E-state index contributed by atoms with van der Waals surface area (Å²) < 4.78 is 0. The second-order valence-electron chi connectivity index (χ2n) is 6.40. The van der Waals surface area contributed by atoms with Crippen molar-refractivity contribution in [1.29, 1.82) is 0 Å². The van der Waals surface area contributed by atoms with Crippen LogP contribution in [0.5, 0.6) is 0 Å². The van der Waals surface area contributed by atoms with E-state index in [4.69, 9.17) is 0 Å². The van der Waals surface area contributed by atoms with E-state index in [-0.39, 0.29) is 30.9 Å². The van der Waals surface area contributed by atoms with E-state index in [2.05, 4.69) is 61.0 Å². The van der Waals surface area contributed by atoms with Gasteiger partial charge in [-0.15, -0.1) is 0 Å². The van der Waals surface area contributed by atoms with Gasteiger partial charge in [-0.1, -0.05) is 51.5 Å². The lowest BCUT2D eigenvalue weighted by atomic mass is 9.94.